The van der Waals surface area contributed by atoms with Crippen LogP contribution in [0.3, 0.4) is 0 Å². The number of rotatable bonds is 18. The number of ether oxygens (including phenoxy) is 4. The van der Waals surface area contributed by atoms with Gasteiger partial charge in [-0.1, -0.05) is 83.5 Å². The van der Waals surface area contributed by atoms with Gasteiger partial charge in [-0.15, -0.1) is 0 Å². The van der Waals surface area contributed by atoms with Crippen LogP contribution in [0.1, 0.15) is 83.9 Å². The molecule has 0 saturated heterocycles. The van der Waals surface area contributed by atoms with Gasteiger partial charge in [0.2, 0.25) is 0 Å². The maximum absolute atomic E-state index is 11.8. The Bertz CT molecular complexity index is 951. The van der Waals surface area contributed by atoms with E-state index < -0.39 is 6.10 Å². The number of aliphatic hydroxyl groups excluding tert-OH is 1. The van der Waals surface area contributed by atoms with Crippen molar-refractivity contribution >= 4 is 5.97 Å². The molecule has 6 heteroatoms. The van der Waals surface area contributed by atoms with Crippen LogP contribution in [0.2, 0.25) is 0 Å². The van der Waals surface area contributed by atoms with Crippen molar-refractivity contribution in [1.29, 1.82) is 0 Å². The second-order valence-electron chi connectivity index (χ2n) is 11.2. The topological polar surface area (TPSA) is 74.2 Å². The number of aliphatic hydroxyl groups is 1. The summed E-state index contributed by atoms with van der Waals surface area (Å²) in [6.45, 7) is 15.7. The zero-order valence-electron chi connectivity index (χ0n) is 25.1. The molecule has 0 heterocycles. The molecule has 6 nitrogen and oxygen atoms in total. The van der Waals surface area contributed by atoms with Gasteiger partial charge < -0.3 is 24.1 Å². The Morgan fingerprint density at radius 2 is 1.41 bits per heavy atom. The third-order valence-electron chi connectivity index (χ3n) is 7.14. The summed E-state index contributed by atoms with van der Waals surface area (Å²) in [4.78, 5) is 11.8. The van der Waals surface area contributed by atoms with Gasteiger partial charge in [-0.25, -0.2) is 0 Å². The third kappa shape index (κ3) is 11.3. The van der Waals surface area contributed by atoms with Crippen LogP contribution in [-0.2, 0) is 24.4 Å². The highest BCUT2D eigenvalue weighted by Gasteiger charge is 2.23. The van der Waals surface area contributed by atoms with E-state index in [1.807, 2.05) is 32.9 Å². The minimum atomic E-state index is -0.712. The van der Waals surface area contributed by atoms with Crippen molar-refractivity contribution in [1.82, 2.24) is 0 Å². The average molecular weight is 543 g/mol. The molecular formula is C33H50O6. The van der Waals surface area contributed by atoms with Gasteiger partial charge in [-0.05, 0) is 49.4 Å². The van der Waals surface area contributed by atoms with Gasteiger partial charge in [0, 0.05) is 18.4 Å². The van der Waals surface area contributed by atoms with Crippen LogP contribution >= 0.6 is 0 Å². The van der Waals surface area contributed by atoms with Gasteiger partial charge in [0.25, 0.3) is 0 Å². The van der Waals surface area contributed by atoms with Gasteiger partial charge in [0.05, 0.1) is 25.2 Å². The Morgan fingerprint density at radius 1 is 0.846 bits per heavy atom. The first-order chi connectivity index (χ1) is 18.6. The lowest BCUT2D eigenvalue weighted by molar-refractivity contribution is -0.154. The zero-order valence-corrected chi connectivity index (χ0v) is 25.1. The lowest BCUT2D eigenvalue weighted by Gasteiger charge is -2.26. The van der Waals surface area contributed by atoms with Crippen LogP contribution < -0.4 is 4.74 Å². The summed E-state index contributed by atoms with van der Waals surface area (Å²) in [5.41, 5.74) is 3.61. The Kier molecular flexibility index (Phi) is 14.0. The number of carbonyl (C=O) groups excluding carboxylic acids is 1. The highest BCUT2D eigenvalue weighted by atomic mass is 16.5. The smallest absolute Gasteiger partial charge is 0.308 e. The second kappa shape index (κ2) is 16.6. The summed E-state index contributed by atoms with van der Waals surface area (Å²) >= 11 is 0. The number of benzene rings is 2. The lowest BCUT2D eigenvalue weighted by Crippen LogP contribution is -2.25. The molecule has 0 amide bonds. The molecule has 0 saturated carbocycles. The van der Waals surface area contributed by atoms with Crippen LogP contribution in [0.25, 0.3) is 0 Å². The van der Waals surface area contributed by atoms with Crippen LogP contribution in [0.4, 0.5) is 0 Å². The molecule has 2 rings (SSSR count). The fraction of sp³-hybridized carbons (Fsp3) is 0.606. The molecule has 0 bridgehead atoms. The van der Waals surface area contributed by atoms with Crippen molar-refractivity contribution in [3.8, 4) is 5.75 Å². The van der Waals surface area contributed by atoms with Crippen molar-refractivity contribution in [3.63, 3.8) is 0 Å². The molecule has 1 N–H and O–H groups in total. The van der Waals surface area contributed by atoms with Gasteiger partial charge in [0.15, 0.2) is 0 Å². The summed E-state index contributed by atoms with van der Waals surface area (Å²) in [7, 11) is 0. The Morgan fingerprint density at radius 3 is 1.97 bits per heavy atom. The molecule has 3 atom stereocenters. The van der Waals surface area contributed by atoms with Crippen molar-refractivity contribution in [3.05, 3.63) is 65.2 Å². The maximum atomic E-state index is 11.8. The molecule has 0 aliphatic rings. The minimum absolute atomic E-state index is 0.0689. The Balaban J connectivity index is 1.66. The average Bonchev–Trinajstić information content (AvgIpc) is 2.92. The molecule has 2 aromatic carbocycles. The fourth-order valence-electron chi connectivity index (χ4n) is 4.20. The molecular weight excluding hydrogens is 492 g/mol. The van der Waals surface area contributed by atoms with Crippen LogP contribution in [0.5, 0.6) is 5.75 Å². The SMILES string of the molecule is CCC(CCOCC(O)COc1ccc(C(C)(C)c2ccc(C)cc2)cc1)OCCC(CC)OC(=O)C(C)C. The molecule has 39 heavy (non-hydrogen) atoms. The van der Waals surface area contributed by atoms with E-state index in [0.717, 1.165) is 25.0 Å². The normalized spacial score (nSPS) is 14.2. The van der Waals surface area contributed by atoms with Gasteiger partial charge in [-0.3, -0.25) is 4.79 Å². The number of hydrogen-bond donors (Lipinski definition) is 1. The van der Waals surface area contributed by atoms with E-state index in [0.29, 0.717) is 19.6 Å². The summed E-state index contributed by atoms with van der Waals surface area (Å²) in [5.74, 6) is 0.439. The first-order valence-corrected chi connectivity index (χ1v) is 14.4. The van der Waals surface area contributed by atoms with Gasteiger partial charge in [-0.2, -0.15) is 0 Å². The van der Waals surface area contributed by atoms with Crippen molar-refractivity contribution in [2.75, 3.05) is 26.4 Å². The zero-order chi connectivity index (χ0) is 28.8. The Hall–Kier alpha value is -2.41. The number of hydrogen-bond acceptors (Lipinski definition) is 6. The largest absolute Gasteiger partial charge is 0.491 e. The number of aryl methyl sites for hydroxylation is 1. The van der Waals surface area contributed by atoms with E-state index in [2.05, 4.69) is 64.1 Å². The predicted molar refractivity (Wildman–Crippen MR) is 156 cm³/mol. The molecule has 0 aromatic heterocycles. The first-order valence-electron chi connectivity index (χ1n) is 14.4. The second-order valence-corrected chi connectivity index (χ2v) is 11.2. The van der Waals surface area contributed by atoms with Crippen LogP contribution in [-0.4, -0.2) is 55.8 Å². The van der Waals surface area contributed by atoms with Crippen molar-refractivity contribution < 1.29 is 28.8 Å². The maximum Gasteiger partial charge on any atom is 0.308 e. The van der Waals surface area contributed by atoms with E-state index in [1.165, 1.54) is 16.7 Å². The molecule has 0 radical (unpaired) electrons. The molecule has 0 aliphatic carbocycles. The molecule has 2 aromatic rings. The van der Waals surface area contributed by atoms with Crippen LogP contribution in [0.15, 0.2) is 48.5 Å². The van der Waals surface area contributed by atoms with E-state index in [9.17, 15) is 9.90 Å². The molecule has 218 valence electrons. The number of carbonyl (C=O) groups is 1. The monoisotopic (exact) mass is 542 g/mol. The molecule has 0 spiro atoms. The van der Waals surface area contributed by atoms with E-state index in [-0.39, 0.29) is 42.7 Å². The van der Waals surface area contributed by atoms with Gasteiger partial charge in [0.1, 0.15) is 24.6 Å². The molecule has 0 aliphatic heterocycles. The van der Waals surface area contributed by atoms with E-state index >= 15 is 0 Å². The van der Waals surface area contributed by atoms with E-state index in [4.69, 9.17) is 18.9 Å². The summed E-state index contributed by atoms with van der Waals surface area (Å²) < 4.78 is 23.0. The standard InChI is InChI=1S/C33H50O6/c1-8-29(37-21-19-30(9-2)39-32(35)24(3)4)18-20-36-22-28(34)23-38-31-16-14-27(15-17-31)33(6,7)26-12-10-25(5)11-13-26/h10-17,24,28-30,34H,8-9,18-23H2,1-7H3. The van der Waals surface area contributed by atoms with Crippen molar-refractivity contribution in [2.45, 2.75) is 97.9 Å². The quantitative estimate of drug-likeness (QED) is 0.168. The highest BCUT2D eigenvalue weighted by Crippen LogP contribution is 2.32. The first kappa shape index (κ1) is 32.8. The van der Waals surface area contributed by atoms with Crippen molar-refractivity contribution in [2.24, 2.45) is 5.92 Å². The predicted octanol–water partition coefficient (Wildman–Crippen LogP) is 6.63. The minimum Gasteiger partial charge on any atom is -0.491 e. The summed E-state index contributed by atoms with van der Waals surface area (Å²) in [6, 6.07) is 16.7. The fourth-order valence-corrected chi connectivity index (χ4v) is 4.20. The molecule has 3 unspecified atom stereocenters. The van der Waals surface area contributed by atoms with E-state index in [1.54, 1.807) is 0 Å². The Labute approximate surface area is 236 Å². The van der Waals surface area contributed by atoms with Gasteiger partial charge >= 0.3 is 5.97 Å². The lowest BCUT2D eigenvalue weighted by atomic mass is 9.78. The summed E-state index contributed by atoms with van der Waals surface area (Å²) in [6.07, 6.45) is 2.32. The van der Waals surface area contributed by atoms with Crippen LogP contribution in [0, 0.1) is 12.8 Å². The molecule has 0 fully saturated rings. The highest BCUT2D eigenvalue weighted by molar-refractivity contribution is 5.71. The third-order valence-corrected chi connectivity index (χ3v) is 7.14. The summed E-state index contributed by atoms with van der Waals surface area (Å²) in [5, 5.41) is 10.3. The number of esters is 1.